The van der Waals surface area contributed by atoms with Gasteiger partial charge in [0.1, 0.15) is 11.5 Å². The van der Waals surface area contributed by atoms with Crippen molar-refractivity contribution in [1.29, 1.82) is 0 Å². The predicted octanol–water partition coefficient (Wildman–Crippen LogP) is 4.68. The molecule has 1 aromatic rings. The van der Waals surface area contributed by atoms with E-state index in [9.17, 15) is 10.2 Å². The van der Waals surface area contributed by atoms with Crippen molar-refractivity contribution in [2.45, 2.75) is 46.0 Å². The molecule has 0 amide bonds. The van der Waals surface area contributed by atoms with Gasteiger partial charge >= 0.3 is 0 Å². The number of phenols is 2. The van der Waals surface area contributed by atoms with Crippen LogP contribution in [0, 0.1) is 5.92 Å². The van der Waals surface area contributed by atoms with Gasteiger partial charge in [-0.3, -0.25) is 0 Å². The second-order valence-corrected chi connectivity index (χ2v) is 5.93. The fourth-order valence-corrected chi connectivity index (χ4v) is 3.13. The van der Waals surface area contributed by atoms with Gasteiger partial charge < -0.3 is 10.2 Å². The summed E-state index contributed by atoms with van der Waals surface area (Å²) in [6, 6.07) is 3.53. The van der Waals surface area contributed by atoms with Gasteiger partial charge in [0.25, 0.3) is 0 Å². The number of hydrogen-bond donors (Lipinski definition) is 2. The molecule has 0 bridgehead atoms. The summed E-state index contributed by atoms with van der Waals surface area (Å²) in [5.74, 6) is 0.697. The summed E-state index contributed by atoms with van der Waals surface area (Å²) in [4.78, 5) is 0. The van der Waals surface area contributed by atoms with Gasteiger partial charge in [0, 0.05) is 11.5 Å². The van der Waals surface area contributed by atoms with Gasteiger partial charge in [0.2, 0.25) is 0 Å². The number of allylic oxidation sites excluding steroid dienone is 3. The lowest BCUT2D eigenvalue weighted by molar-refractivity contribution is 0.406. The summed E-state index contributed by atoms with van der Waals surface area (Å²) in [5.41, 5.74) is 4.02. The normalized spacial score (nSPS) is 22.4. The summed E-state index contributed by atoms with van der Waals surface area (Å²) in [7, 11) is 0. The Morgan fingerprint density at radius 2 is 1.90 bits per heavy atom. The molecule has 2 atom stereocenters. The second-order valence-electron chi connectivity index (χ2n) is 5.93. The van der Waals surface area contributed by atoms with Crippen molar-refractivity contribution in [3.63, 3.8) is 0 Å². The molecule has 1 aliphatic carbocycles. The Bertz CT molecular complexity index is 532. The molecule has 1 aromatic carbocycles. The highest BCUT2D eigenvalue weighted by Crippen LogP contribution is 2.46. The third-order valence-electron chi connectivity index (χ3n) is 4.32. The lowest BCUT2D eigenvalue weighted by Gasteiger charge is -2.31. The van der Waals surface area contributed by atoms with E-state index in [1.807, 2.05) is 13.8 Å². The number of rotatable bonds is 3. The number of hydrogen-bond acceptors (Lipinski definition) is 2. The largest absolute Gasteiger partial charge is 0.507 e. The monoisotopic (exact) mass is 272 g/mol. The van der Waals surface area contributed by atoms with Crippen molar-refractivity contribution in [3.05, 3.63) is 47.1 Å². The zero-order valence-corrected chi connectivity index (χ0v) is 12.6. The van der Waals surface area contributed by atoms with Crippen LogP contribution in [0.4, 0.5) is 0 Å². The van der Waals surface area contributed by atoms with E-state index in [1.165, 1.54) is 5.57 Å². The first-order chi connectivity index (χ1) is 9.43. The van der Waals surface area contributed by atoms with E-state index in [1.54, 1.807) is 12.1 Å². The zero-order valence-electron chi connectivity index (χ0n) is 12.6. The number of aromatic hydroxyl groups is 2. The van der Waals surface area contributed by atoms with E-state index in [0.29, 0.717) is 5.56 Å². The fourth-order valence-electron chi connectivity index (χ4n) is 3.13. The third kappa shape index (κ3) is 2.74. The maximum atomic E-state index is 10.3. The molecule has 2 rings (SSSR count). The molecular formula is C18H24O2. The van der Waals surface area contributed by atoms with Gasteiger partial charge in [0.15, 0.2) is 0 Å². The van der Waals surface area contributed by atoms with Crippen LogP contribution in [0.1, 0.15) is 50.7 Å². The van der Waals surface area contributed by atoms with Crippen LogP contribution < -0.4 is 0 Å². The summed E-state index contributed by atoms with van der Waals surface area (Å²) in [6.45, 7) is 10.2. The molecule has 2 nitrogen and oxygen atoms in total. The minimum Gasteiger partial charge on any atom is -0.507 e. The molecule has 0 fully saturated rings. The first-order valence-electron chi connectivity index (χ1n) is 7.31. The first kappa shape index (κ1) is 14.7. The Balaban J connectivity index is 2.52. The summed E-state index contributed by atoms with van der Waals surface area (Å²) in [6.07, 6.45) is 5.05. The quantitative estimate of drug-likeness (QED) is 0.785. The molecule has 0 unspecified atom stereocenters. The van der Waals surface area contributed by atoms with Gasteiger partial charge in [-0.15, -0.1) is 0 Å². The average Bonchev–Trinajstić information content (AvgIpc) is 2.37. The van der Waals surface area contributed by atoms with Gasteiger partial charge in [-0.05, 0) is 56.7 Å². The van der Waals surface area contributed by atoms with Crippen LogP contribution in [0.2, 0.25) is 0 Å². The molecule has 0 aliphatic heterocycles. The van der Waals surface area contributed by atoms with Crippen molar-refractivity contribution in [2.75, 3.05) is 0 Å². The van der Waals surface area contributed by atoms with Crippen molar-refractivity contribution in [2.24, 2.45) is 5.92 Å². The van der Waals surface area contributed by atoms with E-state index in [-0.39, 0.29) is 23.3 Å². The molecule has 108 valence electrons. The van der Waals surface area contributed by atoms with Crippen LogP contribution in [0.5, 0.6) is 11.5 Å². The minimum atomic E-state index is 0.0205. The summed E-state index contributed by atoms with van der Waals surface area (Å²) in [5, 5.41) is 20.6. The highest BCUT2D eigenvalue weighted by Gasteiger charge is 2.29. The maximum Gasteiger partial charge on any atom is 0.123 e. The average molecular weight is 272 g/mol. The Labute approximate surface area is 121 Å². The second kappa shape index (κ2) is 5.74. The Hall–Kier alpha value is -1.70. The highest BCUT2D eigenvalue weighted by molar-refractivity contribution is 5.51. The SMILES string of the molecule is C=C(C)[C@H]1CCC(C)=C[C@H]1c1c(O)cc(CC)cc1O. The van der Waals surface area contributed by atoms with E-state index < -0.39 is 0 Å². The molecule has 2 heteroatoms. The van der Waals surface area contributed by atoms with Crippen LogP contribution in [-0.2, 0) is 6.42 Å². The number of benzene rings is 1. The van der Waals surface area contributed by atoms with Crippen molar-refractivity contribution in [3.8, 4) is 11.5 Å². The summed E-state index contributed by atoms with van der Waals surface area (Å²) < 4.78 is 0. The van der Waals surface area contributed by atoms with Crippen molar-refractivity contribution < 1.29 is 10.2 Å². The van der Waals surface area contributed by atoms with Crippen LogP contribution in [0.15, 0.2) is 35.9 Å². The van der Waals surface area contributed by atoms with Gasteiger partial charge in [-0.1, -0.05) is 30.7 Å². The van der Waals surface area contributed by atoms with Crippen LogP contribution >= 0.6 is 0 Å². The standard InChI is InChI=1S/C18H24O2/c1-5-13-9-16(19)18(17(20)10-13)15-8-12(4)6-7-14(15)11(2)3/h8-10,14-15,19-20H,2,5-7H2,1,3-4H3/t14-,15-/m1/s1. The Kier molecular flexibility index (Phi) is 4.22. The lowest BCUT2D eigenvalue weighted by atomic mass is 9.73. The van der Waals surface area contributed by atoms with Crippen LogP contribution in [0.3, 0.4) is 0 Å². The van der Waals surface area contributed by atoms with Crippen LogP contribution in [0.25, 0.3) is 0 Å². The minimum absolute atomic E-state index is 0.0205. The molecule has 20 heavy (non-hydrogen) atoms. The Morgan fingerprint density at radius 3 is 2.40 bits per heavy atom. The van der Waals surface area contributed by atoms with Gasteiger partial charge in [-0.25, -0.2) is 0 Å². The zero-order chi connectivity index (χ0) is 14.9. The molecule has 0 radical (unpaired) electrons. The van der Waals surface area contributed by atoms with Crippen molar-refractivity contribution >= 4 is 0 Å². The van der Waals surface area contributed by atoms with E-state index in [2.05, 4.69) is 19.6 Å². The van der Waals surface area contributed by atoms with E-state index >= 15 is 0 Å². The molecule has 0 saturated carbocycles. The number of phenolic OH excluding ortho intramolecular Hbond substituents is 2. The molecule has 2 N–H and O–H groups in total. The predicted molar refractivity (Wildman–Crippen MR) is 83.2 cm³/mol. The van der Waals surface area contributed by atoms with E-state index in [4.69, 9.17) is 0 Å². The van der Waals surface area contributed by atoms with Gasteiger partial charge in [0.05, 0.1) is 0 Å². The third-order valence-corrected chi connectivity index (χ3v) is 4.32. The molecule has 0 heterocycles. The molecular weight excluding hydrogens is 248 g/mol. The molecule has 0 spiro atoms. The Morgan fingerprint density at radius 1 is 1.30 bits per heavy atom. The molecule has 1 aliphatic rings. The fraction of sp³-hybridized carbons (Fsp3) is 0.444. The smallest absolute Gasteiger partial charge is 0.123 e. The van der Waals surface area contributed by atoms with Crippen LogP contribution in [-0.4, -0.2) is 10.2 Å². The van der Waals surface area contributed by atoms with Crippen molar-refractivity contribution in [1.82, 2.24) is 0 Å². The summed E-state index contributed by atoms with van der Waals surface area (Å²) >= 11 is 0. The lowest BCUT2D eigenvalue weighted by Crippen LogP contribution is -2.17. The number of aryl methyl sites for hydroxylation is 1. The molecule has 0 aromatic heterocycles. The van der Waals surface area contributed by atoms with E-state index in [0.717, 1.165) is 30.4 Å². The topological polar surface area (TPSA) is 40.5 Å². The maximum absolute atomic E-state index is 10.3. The first-order valence-corrected chi connectivity index (χ1v) is 7.31. The molecule has 0 saturated heterocycles. The highest BCUT2D eigenvalue weighted by atomic mass is 16.3. The van der Waals surface area contributed by atoms with Gasteiger partial charge in [-0.2, -0.15) is 0 Å².